The number of carbonyl (C=O) groups excluding carboxylic acids is 2. The van der Waals surface area contributed by atoms with Crippen molar-refractivity contribution in [3.63, 3.8) is 0 Å². The minimum atomic E-state index is -0.122. The maximum absolute atomic E-state index is 12.4. The van der Waals surface area contributed by atoms with Crippen molar-refractivity contribution in [1.82, 2.24) is 15.6 Å². The molecule has 6 nitrogen and oxygen atoms in total. The molecule has 1 aliphatic carbocycles. The molecule has 3 atom stereocenters. The van der Waals surface area contributed by atoms with Crippen LogP contribution in [0.2, 0.25) is 0 Å². The molecule has 0 aromatic carbocycles. The number of pyridine rings is 1. The topological polar surface area (TPSA) is 83.1 Å². The number of urea groups is 1. The lowest BCUT2D eigenvalue weighted by molar-refractivity contribution is -0.117. The molecule has 3 unspecified atom stereocenters. The standard InChI is InChI=1S/C21H32N4O2/c1-5-22-21(27)24-13-17-10-15(4)16(11-18(17)14(2)3)12-20(26)25-19-8-6-7-9-23-19/h6-10,14,16-18H,5,11-13H2,1-4H3,(H2,22,24,27)(H,23,25,26). The van der Waals surface area contributed by atoms with Gasteiger partial charge in [0.2, 0.25) is 5.91 Å². The van der Waals surface area contributed by atoms with E-state index in [4.69, 9.17) is 0 Å². The molecule has 3 amide bonds. The van der Waals surface area contributed by atoms with Gasteiger partial charge < -0.3 is 16.0 Å². The number of hydrogen-bond donors (Lipinski definition) is 3. The van der Waals surface area contributed by atoms with Crippen LogP contribution >= 0.6 is 0 Å². The van der Waals surface area contributed by atoms with E-state index in [0.717, 1.165) is 6.42 Å². The first-order valence-electron chi connectivity index (χ1n) is 9.81. The van der Waals surface area contributed by atoms with E-state index in [-0.39, 0.29) is 17.9 Å². The number of carbonyl (C=O) groups is 2. The van der Waals surface area contributed by atoms with Crippen molar-refractivity contribution in [1.29, 1.82) is 0 Å². The van der Waals surface area contributed by atoms with Gasteiger partial charge in [-0.05, 0) is 56.1 Å². The van der Waals surface area contributed by atoms with Gasteiger partial charge >= 0.3 is 6.03 Å². The molecule has 1 aliphatic rings. The second-order valence-electron chi connectivity index (χ2n) is 7.62. The van der Waals surface area contributed by atoms with E-state index in [1.165, 1.54) is 5.57 Å². The fourth-order valence-electron chi connectivity index (χ4n) is 3.80. The summed E-state index contributed by atoms with van der Waals surface area (Å²) in [6.07, 6.45) is 5.33. The third-order valence-corrected chi connectivity index (χ3v) is 5.28. The molecule has 27 heavy (non-hydrogen) atoms. The second-order valence-corrected chi connectivity index (χ2v) is 7.62. The first-order valence-corrected chi connectivity index (χ1v) is 9.81. The SMILES string of the molecule is CCNC(=O)NCC1C=C(C)C(CC(=O)Nc2ccccn2)CC1C(C)C. The molecular formula is C21H32N4O2. The van der Waals surface area contributed by atoms with Crippen LogP contribution in [0.25, 0.3) is 0 Å². The van der Waals surface area contributed by atoms with Gasteiger partial charge in [-0.2, -0.15) is 0 Å². The van der Waals surface area contributed by atoms with Crippen LogP contribution in [0.5, 0.6) is 0 Å². The minimum absolute atomic E-state index is 0.00662. The molecule has 2 rings (SSSR count). The van der Waals surface area contributed by atoms with Crippen molar-refractivity contribution in [2.45, 2.75) is 40.5 Å². The third-order valence-electron chi connectivity index (χ3n) is 5.28. The molecule has 0 bridgehead atoms. The molecule has 0 fully saturated rings. The summed E-state index contributed by atoms with van der Waals surface area (Å²) in [5.41, 5.74) is 1.23. The van der Waals surface area contributed by atoms with E-state index < -0.39 is 0 Å². The van der Waals surface area contributed by atoms with Gasteiger partial charge in [0.05, 0.1) is 0 Å². The van der Waals surface area contributed by atoms with Gasteiger partial charge in [-0.3, -0.25) is 4.79 Å². The van der Waals surface area contributed by atoms with Gasteiger partial charge in [0, 0.05) is 25.7 Å². The number of aromatic nitrogens is 1. The number of allylic oxidation sites excluding steroid dienone is 1. The van der Waals surface area contributed by atoms with Gasteiger partial charge in [-0.25, -0.2) is 9.78 Å². The maximum atomic E-state index is 12.4. The van der Waals surface area contributed by atoms with Crippen molar-refractivity contribution in [3.8, 4) is 0 Å². The largest absolute Gasteiger partial charge is 0.338 e. The molecule has 1 aromatic heterocycles. The van der Waals surface area contributed by atoms with Crippen LogP contribution in [0.15, 0.2) is 36.0 Å². The molecule has 6 heteroatoms. The summed E-state index contributed by atoms with van der Waals surface area (Å²) < 4.78 is 0. The van der Waals surface area contributed by atoms with Crippen LogP contribution in [0.3, 0.4) is 0 Å². The number of amides is 3. The van der Waals surface area contributed by atoms with Crippen LogP contribution in [0, 0.1) is 23.7 Å². The highest BCUT2D eigenvalue weighted by Gasteiger charge is 2.32. The minimum Gasteiger partial charge on any atom is -0.338 e. The van der Waals surface area contributed by atoms with E-state index >= 15 is 0 Å². The van der Waals surface area contributed by atoms with E-state index in [1.54, 1.807) is 12.3 Å². The highest BCUT2D eigenvalue weighted by Crippen LogP contribution is 2.38. The predicted octanol–water partition coefficient (Wildman–Crippen LogP) is 3.58. The zero-order valence-corrected chi connectivity index (χ0v) is 16.8. The molecular weight excluding hydrogens is 340 g/mol. The Morgan fingerprint density at radius 3 is 2.67 bits per heavy atom. The second kappa shape index (κ2) is 10.1. The lowest BCUT2D eigenvalue weighted by atomic mass is 9.70. The summed E-state index contributed by atoms with van der Waals surface area (Å²) in [5, 5.41) is 8.61. The van der Waals surface area contributed by atoms with Crippen molar-refractivity contribution >= 4 is 17.8 Å². The molecule has 0 aliphatic heterocycles. The lowest BCUT2D eigenvalue weighted by Gasteiger charge is -2.37. The number of hydrogen-bond acceptors (Lipinski definition) is 3. The Morgan fingerprint density at radius 2 is 2.04 bits per heavy atom. The fourth-order valence-corrected chi connectivity index (χ4v) is 3.80. The average molecular weight is 373 g/mol. The van der Waals surface area contributed by atoms with E-state index in [0.29, 0.717) is 43.1 Å². The van der Waals surface area contributed by atoms with Gasteiger partial charge in [0.1, 0.15) is 5.82 Å². The molecule has 1 aromatic rings. The van der Waals surface area contributed by atoms with Gasteiger partial charge in [0.25, 0.3) is 0 Å². The molecule has 0 saturated heterocycles. The summed E-state index contributed by atoms with van der Waals surface area (Å²) in [5.74, 6) is 2.02. The Hall–Kier alpha value is -2.37. The highest BCUT2D eigenvalue weighted by molar-refractivity contribution is 5.90. The summed E-state index contributed by atoms with van der Waals surface area (Å²) in [7, 11) is 0. The van der Waals surface area contributed by atoms with Gasteiger partial charge in [-0.1, -0.05) is 31.6 Å². The Labute approximate surface area is 162 Å². The van der Waals surface area contributed by atoms with Crippen molar-refractivity contribution in [2.75, 3.05) is 18.4 Å². The quantitative estimate of drug-likeness (QED) is 0.640. The first-order chi connectivity index (χ1) is 12.9. The fraction of sp³-hybridized carbons (Fsp3) is 0.571. The number of rotatable bonds is 7. The average Bonchev–Trinajstić information content (AvgIpc) is 2.62. The van der Waals surface area contributed by atoms with Crippen LogP contribution < -0.4 is 16.0 Å². The molecule has 0 saturated carbocycles. The van der Waals surface area contributed by atoms with Gasteiger partial charge in [-0.15, -0.1) is 0 Å². The zero-order chi connectivity index (χ0) is 19.8. The lowest BCUT2D eigenvalue weighted by Crippen LogP contribution is -2.41. The van der Waals surface area contributed by atoms with E-state index in [1.807, 2.05) is 19.1 Å². The summed E-state index contributed by atoms with van der Waals surface area (Å²) in [4.78, 5) is 28.3. The smallest absolute Gasteiger partial charge is 0.314 e. The number of nitrogens with zero attached hydrogens (tertiary/aromatic N) is 1. The van der Waals surface area contributed by atoms with Crippen LogP contribution in [-0.2, 0) is 4.79 Å². The molecule has 148 valence electrons. The highest BCUT2D eigenvalue weighted by atomic mass is 16.2. The summed E-state index contributed by atoms with van der Waals surface area (Å²) in [6, 6.07) is 5.35. The van der Waals surface area contributed by atoms with Crippen LogP contribution in [-0.4, -0.2) is 30.0 Å². The normalized spacial score (nSPS) is 22.1. The zero-order valence-electron chi connectivity index (χ0n) is 16.8. The molecule has 0 radical (unpaired) electrons. The third kappa shape index (κ3) is 6.38. The van der Waals surface area contributed by atoms with Crippen LogP contribution in [0.4, 0.5) is 10.6 Å². The van der Waals surface area contributed by atoms with E-state index in [9.17, 15) is 9.59 Å². The Kier molecular flexibility index (Phi) is 7.82. The van der Waals surface area contributed by atoms with Crippen molar-refractivity contribution < 1.29 is 9.59 Å². The van der Waals surface area contributed by atoms with Crippen molar-refractivity contribution in [3.05, 3.63) is 36.0 Å². The summed E-state index contributed by atoms with van der Waals surface area (Å²) >= 11 is 0. The first kappa shape index (κ1) is 20.9. The monoisotopic (exact) mass is 372 g/mol. The van der Waals surface area contributed by atoms with Gasteiger partial charge in [0.15, 0.2) is 0 Å². The van der Waals surface area contributed by atoms with E-state index in [2.05, 4.69) is 47.8 Å². The molecule has 0 spiro atoms. The number of anilines is 1. The van der Waals surface area contributed by atoms with Crippen LogP contribution in [0.1, 0.15) is 40.5 Å². The Balaban J connectivity index is 1.99. The predicted molar refractivity (Wildman–Crippen MR) is 108 cm³/mol. The maximum Gasteiger partial charge on any atom is 0.314 e. The summed E-state index contributed by atoms with van der Waals surface area (Å²) in [6.45, 7) is 9.66. The molecule has 3 N–H and O–H groups in total. The Morgan fingerprint density at radius 1 is 1.26 bits per heavy atom. The number of nitrogens with one attached hydrogen (secondary N) is 3. The Bertz CT molecular complexity index is 657. The van der Waals surface area contributed by atoms with Crippen molar-refractivity contribution in [2.24, 2.45) is 23.7 Å². The molecule has 1 heterocycles.